The number of carboxylic acids is 1. The minimum absolute atomic E-state index is 0.0689. The largest absolute Gasteiger partial charge is 0.591 e. The molecule has 28 heavy (non-hydrogen) atoms. The van der Waals surface area contributed by atoms with Gasteiger partial charge in [-0.3, -0.25) is 0 Å². The summed E-state index contributed by atoms with van der Waals surface area (Å²) in [7, 11) is 0. The standard InChI is InChI=1S/C18H17F3N2O3S2/c1-17(2,3)28(26)23-10-11-6-4-8-13(18(19,20)21)14(11)27-15-12(16(24)25)7-5-9-22-15/h4-10H,1-3H3,(H,24,25)/b23-10-. The van der Waals surface area contributed by atoms with Crippen molar-refractivity contribution in [3.8, 4) is 0 Å². The van der Waals surface area contributed by atoms with Crippen LogP contribution >= 0.6 is 11.8 Å². The van der Waals surface area contributed by atoms with Crippen LogP contribution in [-0.2, 0) is 17.5 Å². The number of pyridine rings is 1. The van der Waals surface area contributed by atoms with Crippen LogP contribution in [0.4, 0.5) is 13.2 Å². The first-order chi connectivity index (χ1) is 12.9. The fourth-order valence-electron chi connectivity index (χ4n) is 1.99. The molecular weight excluding hydrogens is 413 g/mol. The molecule has 1 unspecified atom stereocenters. The number of carbonyl (C=O) groups is 1. The lowest BCUT2D eigenvalue weighted by Gasteiger charge is -2.18. The fourth-order valence-corrected chi connectivity index (χ4v) is 3.62. The van der Waals surface area contributed by atoms with Crippen molar-refractivity contribution in [2.24, 2.45) is 4.40 Å². The highest BCUT2D eigenvalue weighted by Gasteiger charge is 2.35. The van der Waals surface area contributed by atoms with Gasteiger partial charge in [-0.15, -0.1) is 0 Å². The minimum atomic E-state index is -4.67. The zero-order valence-electron chi connectivity index (χ0n) is 15.1. The van der Waals surface area contributed by atoms with Crippen molar-refractivity contribution in [3.63, 3.8) is 0 Å². The third-order valence-corrected chi connectivity index (χ3v) is 5.89. The van der Waals surface area contributed by atoms with E-state index in [2.05, 4.69) is 9.38 Å². The molecule has 2 rings (SSSR count). The van der Waals surface area contributed by atoms with Gasteiger partial charge in [0.05, 0.1) is 17.3 Å². The maximum atomic E-state index is 13.5. The van der Waals surface area contributed by atoms with Crippen LogP contribution in [0.2, 0.25) is 0 Å². The monoisotopic (exact) mass is 430 g/mol. The van der Waals surface area contributed by atoms with Crippen molar-refractivity contribution < 1.29 is 27.6 Å². The SMILES string of the molecule is CC(C)(C)[S+]([O-])/N=C\c1cccc(C(F)(F)F)c1Sc1ncccc1C(=O)O. The molecule has 0 aliphatic rings. The van der Waals surface area contributed by atoms with E-state index in [4.69, 9.17) is 0 Å². The molecule has 0 bridgehead atoms. The predicted molar refractivity (Wildman–Crippen MR) is 102 cm³/mol. The topological polar surface area (TPSA) is 85.6 Å². The number of alkyl halides is 3. The zero-order chi connectivity index (χ0) is 21.1. The minimum Gasteiger partial charge on any atom is -0.591 e. The first-order valence-corrected chi connectivity index (χ1v) is 9.86. The first kappa shape index (κ1) is 22.3. The second-order valence-corrected chi connectivity index (χ2v) is 9.51. The second kappa shape index (κ2) is 8.54. The summed E-state index contributed by atoms with van der Waals surface area (Å²) < 4.78 is 55.9. The Morgan fingerprint density at radius 1 is 1.25 bits per heavy atom. The normalized spacial score (nSPS) is 13.7. The van der Waals surface area contributed by atoms with E-state index >= 15 is 0 Å². The van der Waals surface area contributed by atoms with Crippen molar-refractivity contribution >= 4 is 35.3 Å². The van der Waals surface area contributed by atoms with Gasteiger partial charge in [0.15, 0.2) is 0 Å². The number of nitrogens with zero attached hydrogens (tertiary/aromatic N) is 2. The summed E-state index contributed by atoms with van der Waals surface area (Å²) in [4.78, 5) is 15.0. The average Bonchev–Trinajstić information content (AvgIpc) is 2.58. The summed E-state index contributed by atoms with van der Waals surface area (Å²) in [5, 5.41) is 9.18. The molecular formula is C18H17F3N2O3S2. The first-order valence-electron chi connectivity index (χ1n) is 7.93. The molecule has 0 aliphatic carbocycles. The van der Waals surface area contributed by atoms with E-state index in [1.54, 1.807) is 20.8 Å². The van der Waals surface area contributed by atoms with Crippen LogP contribution in [0.5, 0.6) is 0 Å². The lowest BCUT2D eigenvalue weighted by atomic mass is 10.1. The van der Waals surface area contributed by atoms with Crippen LogP contribution in [0.15, 0.2) is 50.8 Å². The van der Waals surface area contributed by atoms with E-state index in [-0.39, 0.29) is 21.0 Å². The van der Waals surface area contributed by atoms with Crippen LogP contribution in [0.25, 0.3) is 0 Å². The number of halogens is 3. The maximum absolute atomic E-state index is 13.5. The van der Waals surface area contributed by atoms with Crippen molar-refractivity contribution in [3.05, 3.63) is 53.2 Å². The lowest BCUT2D eigenvalue weighted by molar-refractivity contribution is -0.139. The van der Waals surface area contributed by atoms with Gasteiger partial charge in [-0.25, -0.2) is 9.78 Å². The van der Waals surface area contributed by atoms with Gasteiger partial charge in [-0.1, -0.05) is 28.3 Å². The maximum Gasteiger partial charge on any atom is 0.417 e. The van der Waals surface area contributed by atoms with Gasteiger partial charge in [0.2, 0.25) is 0 Å². The molecule has 1 N–H and O–H groups in total. The molecule has 1 heterocycles. The van der Waals surface area contributed by atoms with Gasteiger partial charge < -0.3 is 9.66 Å². The summed E-state index contributed by atoms with van der Waals surface area (Å²) in [5.41, 5.74) is -1.10. The van der Waals surface area contributed by atoms with E-state index in [0.29, 0.717) is 11.8 Å². The highest BCUT2D eigenvalue weighted by Crippen LogP contribution is 2.41. The Hall–Kier alpha value is -2.04. The van der Waals surface area contributed by atoms with Crippen molar-refractivity contribution in [2.45, 2.75) is 41.6 Å². The smallest absolute Gasteiger partial charge is 0.417 e. The number of rotatable bonds is 5. The van der Waals surface area contributed by atoms with Gasteiger partial charge in [0.1, 0.15) is 21.1 Å². The molecule has 1 aromatic heterocycles. The van der Waals surface area contributed by atoms with Crippen LogP contribution in [0.3, 0.4) is 0 Å². The number of benzene rings is 1. The van der Waals surface area contributed by atoms with Crippen molar-refractivity contribution in [2.75, 3.05) is 0 Å². The molecule has 1 aromatic carbocycles. The van der Waals surface area contributed by atoms with E-state index in [1.807, 2.05) is 0 Å². The van der Waals surface area contributed by atoms with E-state index < -0.39 is 33.8 Å². The Morgan fingerprint density at radius 2 is 1.93 bits per heavy atom. The van der Waals surface area contributed by atoms with Gasteiger partial charge >= 0.3 is 12.1 Å². The van der Waals surface area contributed by atoms with Crippen molar-refractivity contribution in [1.29, 1.82) is 0 Å². The third kappa shape index (κ3) is 5.49. The fraction of sp³-hybridized carbons (Fsp3) is 0.278. The number of hydrogen-bond acceptors (Lipinski definition) is 5. The Morgan fingerprint density at radius 3 is 2.50 bits per heavy atom. The number of aromatic nitrogens is 1. The van der Waals surface area contributed by atoms with Crippen LogP contribution in [0, 0.1) is 0 Å². The van der Waals surface area contributed by atoms with E-state index in [0.717, 1.165) is 12.3 Å². The Bertz CT molecular complexity index is 896. The second-order valence-electron chi connectivity index (χ2n) is 6.58. The highest BCUT2D eigenvalue weighted by atomic mass is 32.2. The van der Waals surface area contributed by atoms with Crippen LogP contribution in [-0.4, -0.2) is 31.6 Å². The lowest BCUT2D eigenvalue weighted by Crippen LogP contribution is -2.25. The molecule has 2 aromatic rings. The average molecular weight is 430 g/mol. The van der Waals surface area contributed by atoms with Crippen molar-refractivity contribution in [1.82, 2.24) is 4.98 Å². The molecule has 1 atom stereocenters. The summed E-state index contributed by atoms with van der Waals surface area (Å²) in [6.07, 6.45) is -2.26. The molecule has 0 radical (unpaired) electrons. The number of carboxylic acid groups (broad SMARTS) is 1. The Kier molecular flexibility index (Phi) is 6.79. The highest BCUT2D eigenvalue weighted by molar-refractivity contribution is 7.99. The molecule has 0 saturated carbocycles. The van der Waals surface area contributed by atoms with Gasteiger partial charge in [0, 0.05) is 16.7 Å². The quantitative estimate of drug-likeness (QED) is 0.542. The summed E-state index contributed by atoms with van der Waals surface area (Å²) in [6, 6.07) is 6.15. The molecule has 150 valence electrons. The molecule has 0 spiro atoms. The number of hydrogen-bond donors (Lipinski definition) is 1. The van der Waals surface area contributed by atoms with E-state index in [9.17, 15) is 27.6 Å². The zero-order valence-corrected chi connectivity index (χ0v) is 16.8. The molecule has 0 fully saturated rings. The predicted octanol–water partition coefficient (Wildman–Crippen LogP) is 4.83. The van der Waals surface area contributed by atoms with Crippen LogP contribution < -0.4 is 0 Å². The number of aromatic carboxylic acids is 1. The van der Waals surface area contributed by atoms with E-state index in [1.165, 1.54) is 30.5 Å². The van der Waals surface area contributed by atoms with Gasteiger partial charge in [0.25, 0.3) is 0 Å². The van der Waals surface area contributed by atoms with Gasteiger partial charge in [-0.2, -0.15) is 13.2 Å². The summed E-state index contributed by atoms with van der Waals surface area (Å²) in [6.45, 7) is 5.07. The third-order valence-electron chi connectivity index (χ3n) is 3.36. The molecule has 5 nitrogen and oxygen atoms in total. The molecule has 0 aliphatic heterocycles. The molecule has 10 heteroatoms. The van der Waals surface area contributed by atoms with Crippen LogP contribution in [0.1, 0.15) is 42.3 Å². The summed E-state index contributed by atoms with van der Waals surface area (Å²) >= 11 is -1.08. The molecule has 0 saturated heterocycles. The molecule has 0 amide bonds. The Labute approximate surface area is 167 Å². The summed E-state index contributed by atoms with van der Waals surface area (Å²) in [5.74, 6) is -1.30. The van der Waals surface area contributed by atoms with Gasteiger partial charge in [-0.05, 0) is 39.0 Å². The Balaban J connectivity index is 2.58.